The fourth-order valence-electron chi connectivity index (χ4n) is 2.86. The van der Waals surface area contributed by atoms with Gasteiger partial charge in [0.25, 0.3) is 5.91 Å². The number of nitrogens with one attached hydrogen (secondary N) is 1. The van der Waals surface area contributed by atoms with Gasteiger partial charge in [0.15, 0.2) is 6.61 Å². The normalized spacial score (nSPS) is 17.2. The van der Waals surface area contributed by atoms with E-state index >= 15 is 0 Å². The van der Waals surface area contributed by atoms with E-state index < -0.39 is 34.0 Å². The molecule has 1 heterocycles. The van der Waals surface area contributed by atoms with Crippen LogP contribution in [0.3, 0.4) is 0 Å². The molecule has 0 unspecified atom stereocenters. The number of carbonyl (C=O) groups is 2. The Morgan fingerprint density at radius 2 is 1.79 bits per heavy atom. The molecular formula is C20H27N3O5S. The van der Waals surface area contributed by atoms with Crippen LogP contribution in [0.5, 0.6) is 0 Å². The molecular weight excluding hydrogens is 394 g/mol. The summed E-state index contributed by atoms with van der Waals surface area (Å²) in [6.07, 6.45) is 2.70. The molecule has 0 bridgehead atoms. The summed E-state index contributed by atoms with van der Waals surface area (Å²) in [5, 5.41) is 11.8. The topological polar surface area (TPSA) is 117 Å². The Morgan fingerprint density at radius 1 is 1.21 bits per heavy atom. The Morgan fingerprint density at radius 3 is 2.31 bits per heavy atom. The maximum absolute atomic E-state index is 12.6. The van der Waals surface area contributed by atoms with Gasteiger partial charge in [-0.1, -0.05) is 20.3 Å². The van der Waals surface area contributed by atoms with Gasteiger partial charge in [0.2, 0.25) is 10.0 Å². The molecule has 1 saturated heterocycles. The van der Waals surface area contributed by atoms with Crippen molar-refractivity contribution in [1.29, 1.82) is 5.26 Å². The summed E-state index contributed by atoms with van der Waals surface area (Å²) in [5.74, 6) is -1.45. The zero-order valence-corrected chi connectivity index (χ0v) is 17.8. The summed E-state index contributed by atoms with van der Waals surface area (Å²) in [5.41, 5.74) is -0.921. The number of esters is 1. The maximum atomic E-state index is 12.6. The van der Waals surface area contributed by atoms with Gasteiger partial charge in [-0.25, -0.2) is 13.2 Å². The fraction of sp³-hybridized carbons (Fsp3) is 0.550. The predicted octanol–water partition coefficient (Wildman–Crippen LogP) is 2.07. The van der Waals surface area contributed by atoms with Gasteiger partial charge in [-0.15, -0.1) is 0 Å². The van der Waals surface area contributed by atoms with E-state index in [2.05, 4.69) is 5.32 Å². The standard InChI is InChI=1S/C20H27N3O5S/c1-15(2)20(3,14-21)22-18(24)13-28-19(25)16-7-9-17(10-8-16)29(26,27)23-11-5-4-6-12-23/h7-10,15H,4-6,11-13H2,1-3H3,(H,22,24)/t20-/m1/s1. The molecule has 0 saturated carbocycles. The first-order chi connectivity index (χ1) is 13.6. The Balaban J connectivity index is 1.97. The number of rotatable bonds is 7. The molecule has 158 valence electrons. The lowest BCUT2D eigenvalue weighted by atomic mass is 9.90. The van der Waals surface area contributed by atoms with Crippen molar-refractivity contribution in [2.75, 3.05) is 19.7 Å². The summed E-state index contributed by atoms with van der Waals surface area (Å²) in [7, 11) is -3.58. The Bertz CT molecular complexity index is 884. The van der Waals surface area contributed by atoms with E-state index in [1.54, 1.807) is 20.8 Å². The van der Waals surface area contributed by atoms with Gasteiger partial charge >= 0.3 is 5.97 Å². The zero-order chi connectivity index (χ0) is 21.7. The van der Waals surface area contributed by atoms with Gasteiger partial charge < -0.3 is 10.1 Å². The third-order valence-electron chi connectivity index (χ3n) is 5.16. The van der Waals surface area contributed by atoms with Crippen LogP contribution in [0.4, 0.5) is 0 Å². The summed E-state index contributed by atoms with van der Waals surface area (Å²) >= 11 is 0. The second-order valence-corrected chi connectivity index (χ2v) is 9.52. The highest BCUT2D eigenvalue weighted by atomic mass is 32.2. The van der Waals surface area contributed by atoms with Crippen LogP contribution in [0.2, 0.25) is 0 Å². The van der Waals surface area contributed by atoms with Crippen LogP contribution in [0, 0.1) is 17.2 Å². The van der Waals surface area contributed by atoms with Crippen LogP contribution < -0.4 is 5.32 Å². The van der Waals surface area contributed by atoms with Crippen LogP contribution in [0.25, 0.3) is 0 Å². The molecule has 1 aromatic rings. The van der Waals surface area contributed by atoms with Crippen molar-refractivity contribution in [2.45, 2.75) is 50.5 Å². The van der Waals surface area contributed by atoms with E-state index in [4.69, 9.17) is 4.74 Å². The summed E-state index contributed by atoms with van der Waals surface area (Å²) < 4.78 is 31.7. The lowest BCUT2D eigenvalue weighted by Crippen LogP contribution is -2.50. The molecule has 0 radical (unpaired) electrons. The average Bonchev–Trinajstić information content (AvgIpc) is 2.72. The number of carbonyl (C=O) groups excluding carboxylic acids is 2. The van der Waals surface area contributed by atoms with E-state index in [1.165, 1.54) is 28.6 Å². The first-order valence-corrected chi connectivity index (χ1v) is 11.0. The molecule has 1 atom stereocenters. The molecule has 1 aromatic carbocycles. The van der Waals surface area contributed by atoms with Gasteiger partial charge in [0.05, 0.1) is 16.5 Å². The highest BCUT2D eigenvalue weighted by Gasteiger charge is 2.30. The van der Waals surface area contributed by atoms with Gasteiger partial charge in [-0.3, -0.25) is 4.79 Å². The lowest BCUT2D eigenvalue weighted by molar-refractivity contribution is -0.125. The van der Waals surface area contributed by atoms with Crippen LogP contribution in [-0.4, -0.2) is 49.8 Å². The third kappa shape index (κ3) is 5.55. The molecule has 2 rings (SSSR count). The van der Waals surface area contributed by atoms with Gasteiger partial charge in [-0.05, 0) is 49.9 Å². The maximum Gasteiger partial charge on any atom is 0.338 e. The lowest BCUT2D eigenvalue weighted by Gasteiger charge is -2.27. The summed E-state index contributed by atoms with van der Waals surface area (Å²) in [4.78, 5) is 24.3. The second kappa shape index (κ2) is 9.37. The molecule has 1 amide bonds. The minimum Gasteiger partial charge on any atom is -0.452 e. The molecule has 8 nitrogen and oxygen atoms in total. The Hall–Kier alpha value is -2.44. The van der Waals surface area contributed by atoms with Crippen molar-refractivity contribution < 1.29 is 22.7 Å². The van der Waals surface area contributed by atoms with Gasteiger partial charge in [-0.2, -0.15) is 9.57 Å². The summed E-state index contributed by atoms with van der Waals surface area (Å²) in [6, 6.07) is 7.51. The van der Waals surface area contributed by atoms with Crippen molar-refractivity contribution >= 4 is 21.9 Å². The molecule has 9 heteroatoms. The molecule has 1 aliphatic heterocycles. The number of nitriles is 1. The van der Waals surface area contributed by atoms with Gasteiger partial charge in [0, 0.05) is 13.1 Å². The number of hydrogen-bond acceptors (Lipinski definition) is 6. The Kier molecular flexibility index (Phi) is 7.38. The van der Waals surface area contributed by atoms with Crippen molar-refractivity contribution in [2.24, 2.45) is 5.92 Å². The van der Waals surface area contributed by atoms with Crippen LogP contribution in [-0.2, 0) is 19.6 Å². The van der Waals surface area contributed by atoms with Crippen molar-refractivity contribution in [3.05, 3.63) is 29.8 Å². The highest BCUT2D eigenvalue weighted by Crippen LogP contribution is 2.21. The average molecular weight is 422 g/mol. The van der Waals surface area contributed by atoms with Crippen LogP contribution in [0.15, 0.2) is 29.2 Å². The fourth-order valence-corrected chi connectivity index (χ4v) is 4.38. The van der Waals surface area contributed by atoms with E-state index in [-0.39, 0.29) is 16.4 Å². The third-order valence-corrected chi connectivity index (χ3v) is 7.08. The zero-order valence-electron chi connectivity index (χ0n) is 17.0. The predicted molar refractivity (Wildman–Crippen MR) is 106 cm³/mol. The van der Waals surface area contributed by atoms with E-state index in [0.717, 1.165) is 19.3 Å². The number of nitrogens with zero attached hydrogens (tertiary/aromatic N) is 2. The second-order valence-electron chi connectivity index (χ2n) is 7.58. The van der Waals surface area contributed by atoms with Crippen molar-refractivity contribution in [1.82, 2.24) is 9.62 Å². The minimum absolute atomic E-state index is 0.121. The SMILES string of the molecule is CC(C)[C@@](C)(C#N)NC(=O)COC(=O)c1ccc(S(=O)(=O)N2CCCCC2)cc1. The van der Waals surface area contributed by atoms with Crippen molar-refractivity contribution in [3.8, 4) is 6.07 Å². The van der Waals surface area contributed by atoms with E-state index in [1.807, 2.05) is 6.07 Å². The number of benzene rings is 1. The molecule has 1 fully saturated rings. The van der Waals surface area contributed by atoms with Crippen LogP contribution >= 0.6 is 0 Å². The minimum atomic E-state index is -3.58. The molecule has 0 spiro atoms. The quantitative estimate of drug-likeness (QED) is 0.674. The van der Waals surface area contributed by atoms with Crippen molar-refractivity contribution in [3.63, 3.8) is 0 Å². The summed E-state index contributed by atoms with van der Waals surface area (Å²) in [6.45, 7) is 5.66. The monoisotopic (exact) mass is 421 g/mol. The van der Waals surface area contributed by atoms with E-state index in [0.29, 0.717) is 13.1 Å². The van der Waals surface area contributed by atoms with Gasteiger partial charge in [0.1, 0.15) is 5.54 Å². The molecule has 29 heavy (non-hydrogen) atoms. The first kappa shape index (κ1) is 22.8. The highest BCUT2D eigenvalue weighted by molar-refractivity contribution is 7.89. The number of piperidine rings is 1. The number of amides is 1. The molecule has 0 aromatic heterocycles. The Labute approximate surface area is 171 Å². The number of sulfonamides is 1. The van der Waals surface area contributed by atoms with E-state index in [9.17, 15) is 23.3 Å². The molecule has 1 aliphatic rings. The number of hydrogen-bond donors (Lipinski definition) is 1. The largest absolute Gasteiger partial charge is 0.452 e. The molecule has 0 aliphatic carbocycles. The first-order valence-electron chi connectivity index (χ1n) is 9.60. The molecule has 1 N–H and O–H groups in total. The smallest absolute Gasteiger partial charge is 0.338 e. The number of ether oxygens (including phenoxy) is 1. The van der Waals surface area contributed by atoms with Crippen LogP contribution in [0.1, 0.15) is 50.4 Å².